The molecule has 0 N–H and O–H groups in total. The molecule has 3 nitrogen and oxygen atoms in total. The predicted octanol–water partition coefficient (Wildman–Crippen LogP) is 4.27. The Labute approximate surface area is 159 Å². The minimum absolute atomic E-state index is 0.139. The molecular formula is C24H22O3. The van der Waals surface area contributed by atoms with Crippen LogP contribution in [0.4, 0.5) is 0 Å². The zero-order valence-electron chi connectivity index (χ0n) is 15.6. The molecule has 0 aliphatic heterocycles. The molecular weight excluding hydrogens is 336 g/mol. The molecule has 0 atom stereocenters. The number of methoxy groups -OCH3 is 1. The number of rotatable bonds is 2. The molecule has 0 heterocycles. The van der Waals surface area contributed by atoms with Crippen molar-refractivity contribution in [2.45, 2.75) is 44.9 Å². The topological polar surface area (TPSA) is 43.4 Å². The monoisotopic (exact) mass is 358 g/mol. The molecule has 0 saturated carbocycles. The highest BCUT2D eigenvalue weighted by Crippen LogP contribution is 2.34. The molecule has 0 unspecified atom stereocenters. The molecule has 3 aliphatic rings. The third-order valence-corrected chi connectivity index (χ3v) is 6.22. The summed E-state index contributed by atoms with van der Waals surface area (Å²) in [5.74, 6) is -0.148. The number of hydrogen-bond donors (Lipinski definition) is 0. The van der Waals surface area contributed by atoms with Crippen LogP contribution >= 0.6 is 0 Å². The van der Waals surface area contributed by atoms with Gasteiger partial charge < -0.3 is 4.74 Å². The van der Waals surface area contributed by atoms with E-state index in [0.29, 0.717) is 12.0 Å². The van der Waals surface area contributed by atoms with Crippen LogP contribution in [0.5, 0.6) is 0 Å². The van der Waals surface area contributed by atoms with Crippen molar-refractivity contribution in [2.75, 3.05) is 7.11 Å². The minimum Gasteiger partial charge on any atom is -0.465 e. The molecule has 0 spiro atoms. The van der Waals surface area contributed by atoms with E-state index in [1.807, 2.05) is 12.1 Å². The Morgan fingerprint density at radius 3 is 2.48 bits per heavy atom. The third kappa shape index (κ3) is 2.64. The van der Waals surface area contributed by atoms with E-state index in [-0.39, 0.29) is 11.8 Å². The van der Waals surface area contributed by atoms with E-state index in [4.69, 9.17) is 4.74 Å². The van der Waals surface area contributed by atoms with Gasteiger partial charge in [0, 0.05) is 17.6 Å². The van der Waals surface area contributed by atoms with E-state index < -0.39 is 0 Å². The van der Waals surface area contributed by atoms with Gasteiger partial charge in [-0.05, 0) is 90.1 Å². The summed E-state index contributed by atoms with van der Waals surface area (Å²) in [4.78, 5) is 25.2. The molecule has 5 rings (SSSR count). The Morgan fingerprint density at radius 1 is 0.926 bits per heavy atom. The number of esters is 1. The van der Waals surface area contributed by atoms with Crippen molar-refractivity contribution in [3.8, 4) is 0 Å². The molecule has 2 aromatic rings. The van der Waals surface area contributed by atoms with Crippen LogP contribution in [-0.2, 0) is 36.8 Å². The van der Waals surface area contributed by atoms with Crippen molar-refractivity contribution in [2.24, 2.45) is 0 Å². The highest BCUT2D eigenvalue weighted by atomic mass is 16.5. The van der Waals surface area contributed by atoms with Crippen LogP contribution in [0, 0.1) is 0 Å². The largest absolute Gasteiger partial charge is 0.465 e. The summed E-state index contributed by atoms with van der Waals surface area (Å²) in [6.07, 6.45) is 9.04. The van der Waals surface area contributed by atoms with Crippen molar-refractivity contribution in [3.05, 3.63) is 74.3 Å². The Bertz CT molecular complexity index is 1030. The summed E-state index contributed by atoms with van der Waals surface area (Å²) in [5, 5.41) is 0. The number of hydrogen-bond acceptors (Lipinski definition) is 3. The normalized spacial score (nSPS) is 18.6. The van der Waals surface area contributed by atoms with Crippen LogP contribution in [-0.4, -0.2) is 18.9 Å². The molecule has 0 saturated heterocycles. The first-order valence-electron chi connectivity index (χ1n) is 9.78. The smallest absolute Gasteiger partial charge is 0.338 e. The zero-order valence-corrected chi connectivity index (χ0v) is 15.6. The Balaban J connectivity index is 1.54. The minimum atomic E-state index is -0.286. The number of carbonyl (C=O) groups excluding carboxylic acids is 2. The van der Waals surface area contributed by atoms with Crippen molar-refractivity contribution in [3.63, 3.8) is 0 Å². The van der Waals surface area contributed by atoms with E-state index in [1.165, 1.54) is 30.2 Å². The van der Waals surface area contributed by atoms with Crippen LogP contribution in [0.15, 0.2) is 29.8 Å². The first-order valence-corrected chi connectivity index (χ1v) is 9.78. The van der Waals surface area contributed by atoms with Crippen LogP contribution in [0.1, 0.15) is 66.9 Å². The van der Waals surface area contributed by atoms with Gasteiger partial charge in [-0.2, -0.15) is 0 Å². The van der Waals surface area contributed by atoms with Crippen LogP contribution in [0.25, 0.3) is 6.08 Å². The maximum Gasteiger partial charge on any atom is 0.338 e. The van der Waals surface area contributed by atoms with E-state index in [0.717, 1.165) is 59.9 Å². The molecule has 0 radical (unpaired) electrons. The van der Waals surface area contributed by atoms with Gasteiger partial charge in [-0.1, -0.05) is 12.1 Å². The summed E-state index contributed by atoms with van der Waals surface area (Å²) in [6.45, 7) is 0. The first-order chi connectivity index (χ1) is 13.1. The lowest BCUT2D eigenvalue weighted by Crippen LogP contribution is -2.06. The number of ketones is 1. The molecule has 2 aromatic carbocycles. The Morgan fingerprint density at radius 2 is 1.67 bits per heavy atom. The number of fused-ring (bicyclic) bond motifs is 3. The second-order valence-electron chi connectivity index (χ2n) is 7.86. The van der Waals surface area contributed by atoms with Gasteiger partial charge >= 0.3 is 5.97 Å². The molecule has 0 fully saturated rings. The molecule has 0 bridgehead atoms. The highest BCUT2D eigenvalue weighted by Gasteiger charge is 2.28. The van der Waals surface area contributed by atoms with Gasteiger partial charge in [0.15, 0.2) is 5.78 Å². The van der Waals surface area contributed by atoms with E-state index in [1.54, 1.807) is 0 Å². The SMILES string of the molecule is COC(=O)c1cc(/C=C2\Cc3cc4c(cc3C2=O)CCC4)cc2c1CCC2. The third-order valence-electron chi connectivity index (χ3n) is 6.22. The fourth-order valence-electron chi connectivity index (χ4n) is 4.91. The van der Waals surface area contributed by atoms with Gasteiger partial charge in [-0.25, -0.2) is 4.79 Å². The molecule has 0 aromatic heterocycles. The summed E-state index contributed by atoms with van der Waals surface area (Å²) in [7, 11) is 1.42. The fourth-order valence-corrected chi connectivity index (χ4v) is 4.91. The highest BCUT2D eigenvalue weighted by molar-refractivity contribution is 6.15. The maximum atomic E-state index is 12.9. The lowest BCUT2D eigenvalue weighted by Gasteiger charge is -2.09. The fraction of sp³-hybridized carbons (Fsp3) is 0.333. The van der Waals surface area contributed by atoms with Crippen LogP contribution in [0.3, 0.4) is 0 Å². The number of allylic oxidation sites excluding steroid dienone is 1. The van der Waals surface area contributed by atoms with Gasteiger partial charge in [0.1, 0.15) is 0 Å². The first kappa shape index (κ1) is 16.5. The predicted molar refractivity (Wildman–Crippen MR) is 104 cm³/mol. The van der Waals surface area contributed by atoms with Gasteiger partial charge in [0.2, 0.25) is 0 Å². The second kappa shape index (κ2) is 6.19. The Kier molecular flexibility index (Phi) is 3.78. The summed E-state index contributed by atoms with van der Waals surface area (Å²) in [5.41, 5.74) is 9.51. The van der Waals surface area contributed by atoms with Crippen molar-refractivity contribution in [1.29, 1.82) is 0 Å². The Hall–Kier alpha value is -2.68. The van der Waals surface area contributed by atoms with Crippen LogP contribution < -0.4 is 0 Å². The zero-order chi connectivity index (χ0) is 18.5. The lowest BCUT2D eigenvalue weighted by molar-refractivity contribution is 0.0599. The van der Waals surface area contributed by atoms with Gasteiger partial charge in [-0.3, -0.25) is 4.79 Å². The van der Waals surface area contributed by atoms with Crippen molar-refractivity contribution >= 4 is 17.8 Å². The van der Waals surface area contributed by atoms with Crippen molar-refractivity contribution < 1.29 is 14.3 Å². The molecule has 27 heavy (non-hydrogen) atoms. The van der Waals surface area contributed by atoms with Gasteiger partial charge in [0.05, 0.1) is 12.7 Å². The average Bonchev–Trinajstić information content (AvgIpc) is 3.38. The number of ether oxygens (including phenoxy) is 1. The number of benzene rings is 2. The van der Waals surface area contributed by atoms with E-state index >= 15 is 0 Å². The standard InChI is InChI=1S/C24H22O3/c1-27-24(26)22-10-14(8-17-6-3-7-20(17)22)9-19-12-18-11-15-4-2-5-16(15)13-21(18)23(19)25/h8-11,13H,2-7,12H2,1H3/b19-9+. The number of carbonyl (C=O) groups is 2. The molecule has 0 amide bonds. The molecule has 3 heteroatoms. The summed E-state index contributed by atoms with van der Waals surface area (Å²) in [6, 6.07) is 8.37. The maximum absolute atomic E-state index is 12.9. The van der Waals surface area contributed by atoms with Crippen LogP contribution in [0.2, 0.25) is 0 Å². The van der Waals surface area contributed by atoms with Crippen molar-refractivity contribution in [1.82, 2.24) is 0 Å². The van der Waals surface area contributed by atoms with Gasteiger partial charge in [-0.15, -0.1) is 0 Å². The second-order valence-corrected chi connectivity index (χ2v) is 7.86. The lowest BCUT2D eigenvalue weighted by atomic mass is 9.97. The quantitative estimate of drug-likeness (QED) is 0.595. The molecule has 136 valence electrons. The van der Waals surface area contributed by atoms with Gasteiger partial charge in [0.25, 0.3) is 0 Å². The summed E-state index contributed by atoms with van der Waals surface area (Å²) >= 11 is 0. The average molecular weight is 358 g/mol. The molecule has 3 aliphatic carbocycles. The number of aryl methyl sites for hydroxylation is 3. The number of Topliss-reactive ketones (excluding diaryl/α,β-unsaturated/α-hetero) is 1. The van der Waals surface area contributed by atoms with E-state index in [9.17, 15) is 9.59 Å². The summed E-state index contributed by atoms with van der Waals surface area (Å²) < 4.78 is 4.98. The van der Waals surface area contributed by atoms with E-state index in [2.05, 4.69) is 18.2 Å².